The minimum Gasteiger partial charge on any atom is -0.507 e. The number of carbonyl (C=O) groups is 2. The average molecular weight is 1020 g/mol. The number of carboxylic acids is 2. The van der Waals surface area contributed by atoms with Gasteiger partial charge in [0, 0.05) is 120 Å². The standard InChI is InChI=1S/C30H33N3O5.C29H31N3O5/c34-28-21-8-4-5-9-22(21)29-25(23(18-38-29)30(35)36)26(28)27(33-14-12-31-13-15-33)20-10-11-32-24(16-20)37-17-19-6-2-1-3-7-19;33-27-20-7-3-4-8-21(20)28-24(22(17-37-28)29(34)35)25(27)26(32-13-11-30-12-14-32)19-9-10-31-23(15-19)36-16-18-5-1-2-6-18/h4-5,8-11,16,18-19,27,31,34H,1-3,6-7,12-15,17H2,(H,35,36);3-4,7-10,15,17-18,26,30,33H,1-2,5-6,11-14,16H2,(H,34,35). The van der Waals surface area contributed by atoms with Crippen molar-refractivity contribution in [3.63, 3.8) is 0 Å². The van der Waals surface area contributed by atoms with Crippen molar-refractivity contribution >= 4 is 55.4 Å². The lowest BCUT2D eigenvalue weighted by atomic mass is 9.89. The largest absolute Gasteiger partial charge is 0.507 e. The molecule has 75 heavy (non-hydrogen) atoms. The van der Waals surface area contributed by atoms with Gasteiger partial charge in [-0.1, -0.05) is 80.6 Å². The Morgan fingerprint density at radius 2 is 0.960 bits per heavy atom. The highest BCUT2D eigenvalue weighted by atomic mass is 16.5. The summed E-state index contributed by atoms with van der Waals surface area (Å²) in [5.74, 6) is 0.160. The third-order valence-corrected chi connectivity index (χ3v) is 15.8. The lowest BCUT2D eigenvalue weighted by molar-refractivity contribution is 0.0686. The smallest absolute Gasteiger partial charge is 0.339 e. The maximum atomic E-state index is 12.3. The first kappa shape index (κ1) is 49.9. The Labute approximate surface area is 434 Å². The first-order chi connectivity index (χ1) is 36.7. The van der Waals surface area contributed by atoms with Crippen molar-refractivity contribution in [2.45, 2.75) is 69.9 Å². The molecule has 2 unspecified atom stereocenters. The van der Waals surface area contributed by atoms with Crippen molar-refractivity contribution in [3.05, 3.63) is 131 Å². The molecule has 4 aromatic heterocycles. The Kier molecular flexibility index (Phi) is 14.9. The van der Waals surface area contributed by atoms with Crippen molar-refractivity contribution in [1.29, 1.82) is 0 Å². The minimum absolute atomic E-state index is 0.0398. The highest BCUT2D eigenvalue weighted by Gasteiger charge is 2.35. The third kappa shape index (κ3) is 10.2. The molecule has 4 aromatic carbocycles. The summed E-state index contributed by atoms with van der Waals surface area (Å²) in [6.45, 7) is 7.40. The Morgan fingerprint density at radius 3 is 1.36 bits per heavy atom. The number of ether oxygens (including phenoxy) is 2. The van der Waals surface area contributed by atoms with E-state index in [9.17, 15) is 30.0 Å². The van der Waals surface area contributed by atoms with Crippen molar-refractivity contribution in [2.24, 2.45) is 11.8 Å². The Bertz CT molecular complexity index is 3330. The number of benzene rings is 4. The molecule has 2 atom stereocenters. The maximum absolute atomic E-state index is 12.3. The van der Waals surface area contributed by atoms with Crippen molar-refractivity contribution in [1.82, 2.24) is 30.4 Å². The molecule has 2 saturated heterocycles. The number of carboxylic acid groups (broad SMARTS) is 2. The predicted octanol–water partition coefficient (Wildman–Crippen LogP) is 10.3. The molecule has 6 N–H and O–H groups in total. The number of fused-ring (bicyclic) bond motifs is 6. The summed E-state index contributed by atoms with van der Waals surface area (Å²) in [4.78, 5) is 38.1. The fraction of sp³-hybridized carbons (Fsp3) is 0.390. The summed E-state index contributed by atoms with van der Waals surface area (Å²) < 4.78 is 24.0. The van der Waals surface area contributed by atoms with Gasteiger partial charge in [-0.3, -0.25) is 9.80 Å². The van der Waals surface area contributed by atoms with E-state index in [1.54, 1.807) is 12.4 Å². The summed E-state index contributed by atoms with van der Waals surface area (Å²) >= 11 is 0. The van der Waals surface area contributed by atoms with E-state index in [4.69, 9.17) is 18.3 Å². The molecular weight excluding hydrogens is 953 g/mol. The number of piperazine rings is 2. The van der Waals surface area contributed by atoms with E-state index in [2.05, 4.69) is 30.4 Å². The van der Waals surface area contributed by atoms with Crippen LogP contribution in [0.5, 0.6) is 23.3 Å². The highest BCUT2D eigenvalue weighted by Crippen LogP contribution is 2.49. The molecule has 390 valence electrons. The Balaban J connectivity index is 0.000000161. The summed E-state index contributed by atoms with van der Waals surface area (Å²) in [6, 6.07) is 21.7. The van der Waals surface area contributed by atoms with Gasteiger partial charge < -0.3 is 49.4 Å². The number of aromatic nitrogens is 2. The van der Waals surface area contributed by atoms with Crippen LogP contribution in [0.1, 0.15) is 113 Å². The van der Waals surface area contributed by atoms with Crippen LogP contribution >= 0.6 is 0 Å². The van der Waals surface area contributed by atoms with Crippen LogP contribution in [0.25, 0.3) is 43.5 Å². The lowest BCUT2D eigenvalue weighted by Crippen LogP contribution is -2.45. The molecule has 2 saturated carbocycles. The SMILES string of the molecule is O=C(O)c1coc2c1c(C(c1ccnc(OCC3CCCC3)c1)N1CCNCC1)c(O)c1ccccc12.O=C(O)c1coc2c1c(C(c1ccnc(OCC3CCCCC3)c1)N1CCNCC1)c(O)c1ccccc12. The number of nitrogens with one attached hydrogen (secondary N) is 2. The minimum atomic E-state index is -1.09. The molecule has 4 fully saturated rings. The topological polar surface area (TPSA) is 216 Å². The van der Waals surface area contributed by atoms with Gasteiger partial charge in [0.25, 0.3) is 0 Å². The maximum Gasteiger partial charge on any atom is 0.339 e. The Hall–Kier alpha value is -7.24. The van der Waals surface area contributed by atoms with Crippen molar-refractivity contribution < 1.29 is 48.3 Å². The van der Waals surface area contributed by atoms with Gasteiger partial charge in [0.2, 0.25) is 11.8 Å². The van der Waals surface area contributed by atoms with E-state index in [0.29, 0.717) is 91.4 Å². The lowest BCUT2D eigenvalue weighted by Gasteiger charge is -2.36. The zero-order chi connectivity index (χ0) is 51.4. The second-order valence-corrected chi connectivity index (χ2v) is 20.4. The third-order valence-electron chi connectivity index (χ3n) is 15.8. The summed E-state index contributed by atoms with van der Waals surface area (Å²) in [7, 11) is 0. The fourth-order valence-electron chi connectivity index (χ4n) is 12.1. The molecular formula is C59H64N6O10. The number of rotatable bonds is 14. The predicted molar refractivity (Wildman–Crippen MR) is 285 cm³/mol. The van der Waals surface area contributed by atoms with E-state index < -0.39 is 24.0 Å². The number of pyridine rings is 2. The molecule has 2 aliphatic carbocycles. The first-order valence-corrected chi connectivity index (χ1v) is 26.6. The monoisotopic (exact) mass is 1020 g/mol. The van der Waals surface area contributed by atoms with Crippen LogP contribution in [0.4, 0.5) is 0 Å². The number of aromatic hydroxyl groups is 2. The van der Waals surface area contributed by atoms with Gasteiger partial charge >= 0.3 is 11.9 Å². The normalized spacial score (nSPS) is 18.0. The van der Waals surface area contributed by atoms with Crippen molar-refractivity contribution in [2.75, 3.05) is 65.6 Å². The van der Waals surface area contributed by atoms with Crippen LogP contribution in [0.3, 0.4) is 0 Å². The molecule has 16 nitrogen and oxygen atoms in total. The zero-order valence-corrected chi connectivity index (χ0v) is 42.0. The van der Waals surface area contributed by atoms with Gasteiger partial charge in [0.05, 0.1) is 25.3 Å². The summed E-state index contributed by atoms with van der Waals surface area (Å²) in [5, 5.41) is 53.8. The van der Waals surface area contributed by atoms with Gasteiger partial charge in [-0.25, -0.2) is 19.6 Å². The average Bonchev–Trinajstić information content (AvgIpc) is 4.25. The number of hydrogen-bond donors (Lipinski definition) is 6. The van der Waals surface area contributed by atoms with Crippen molar-refractivity contribution in [3.8, 4) is 23.3 Å². The van der Waals surface area contributed by atoms with Gasteiger partial charge in [-0.15, -0.1) is 0 Å². The number of hydrogen-bond acceptors (Lipinski definition) is 14. The van der Waals surface area contributed by atoms with E-state index in [1.807, 2.05) is 72.8 Å². The van der Waals surface area contributed by atoms with Gasteiger partial charge in [-0.2, -0.15) is 0 Å². The van der Waals surface area contributed by atoms with Gasteiger partial charge in [0.1, 0.15) is 46.3 Å². The molecule has 0 spiro atoms. The second-order valence-electron chi connectivity index (χ2n) is 20.4. The Morgan fingerprint density at radius 1 is 0.573 bits per heavy atom. The van der Waals surface area contributed by atoms with E-state index in [-0.39, 0.29) is 22.6 Å². The highest BCUT2D eigenvalue weighted by molar-refractivity contribution is 6.17. The molecule has 0 radical (unpaired) electrons. The molecule has 2 aliphatic heterocycles. The number of phenols is 2. The van der Waals surface area contributed by atoms with Gasteiger partial charge in [-0.05, 0) is 60.8 Å². The van der Waals surface area contributed by atoms with Crippen LogP contribution in [0.15, 0.2) is 107 Å². The van der Waals surface area contributed by atoms with E-state index in [0.717, 1.165) is 63.5 Å². The quantitative estimate of drug-likeness (QED) is 0.0597. The molecule has 0 bridgehead atoms. The van der Waals surface area contributed by atoms with Crippen LogP contribution in [0, 0.1) is 11.8 Å². The molecule has 16 heteroatoms. The van der Waals surface area contributed by atoms with Crippen LogP contribution in [-0.4, -0.2) is 118 Å². The summed E-state index contributed by atoms with van der Waals surface area (Å²) in [5.41, 5.74) is 3.87. The molecule has 12 rings (SSSR count). The number of nitrogens with zero attached hydrogens (tertiary/aromatic N) is 4. The first-order valence-electron chi connectivity index (χ1n) is 26.6. The van der Waals surface area contributed by atoms with E-state index >= 15 is 0 Å². The van der Waals surface area contributed by atoms with E-state index in [1.165, 1.54) is 70.3 Å². The molecule has 0 amide bonds. The summed E-state index contributed by atoms with van der Waals surface area (Å²) in [6.07, 6.45) is 17.1. The zero-order valence-electron chi connectivity index (χ0n) is 42.0. The number of phenolic OH excluding ortho intramolecular Hbond substituents is 2. The van der Waals surface area contributed by atoms with Crippen LogP contribution < -0.4 is 20.1 Å². The molecule has 8 aromatic rings. The molecule has 6 heterocycles. The fourth-order valence-corrected chi connectivity index (χ4v) is 12.1. The molecule has 4 aliphatic rings. The van der Waals surface area contributed by atoms with Gasteiger partial charge in [0.15, 0.2) is 0 Å². The van der Waals surface area contributed by atoms with Crippen LogP contribution in [0.2, 0.25) is 0 Å². The van der Waals surface area contributed by atoms with Crippen LogP contribution in [-0.2, 0) is 0 Å². The number of furan rings is 2. The second kappa shape index (κ2) is 22.3. The number of aromatic carboxylic acids is 2.